The van der Waals surface area contributed by atoms with Crippen LogP contribution in [0.2, 0.25) is 0 Å². The fourth-order valence-electron chi connectivity index (χ4n) is 2.49. The number of aliphatic hydroxyl groups excluding tert-OH is 1. The fraction of sp³-hybridized carbons (Fsp3) is 0.200. The van der Waals surface area contributed by atoms with E-state index in [0.717, 1.165) is 11.1 Å². The molecule has 1 aliphatic rings. The molecule has 0 spiro atoms. The number of hydrogen-bond donors (Lipinski definition) is 3. The van der Waals surface area contributed by atoms with E-state index < -0.39 is 6.10 Å². The molecular formula is C15H15N3O2. The summed E-state index contributed by atoms with van der Waals surface area (Å²) in [6.45, 7) is 0. The number of aromatic nitrogens is 1. The number of carbonyl (C=O) groups excluding carboxylic acids is 1. The van der Waals surface area contributed by atoms with Crippen molar-refractivity contribution >= 4 is 11.7 Å². The number of hydrogen-bond acceptors (Lipinski definition) is 3. The molecule has 2 amide bonds. The number of urea groups is 1. The Morgan fingerprint density at radius 2 is 2.10 bits per heavy atom. The minimum atomic E-state index is -0.591. The van der Waals surface area contributed by atoms with Crippen molar-refractivity contribution in [3.63, 3.8) is 0 Å². The topological polar surface area (TPSA) is 74.2 Å². The second-order valence-electron chi connectivity index (χ2n) is 4.79. The molecule has 1 aromatic carbocycles. The molecule has 5 heteroatoms. The monoisotopic (exact) mass is 269 g/mol. The van der Waals surface area contributed by atoms with Crippen molar-refractivity contribution in [2.45, 2.75) is 18.6 Å². The molecule has 0 fully saturated rings. The van der Waals surface area contributed by atoms with E-state index in [2.05, 4.69) is 15.6 Å². The fourth-order valence-corrected chi connectivity index (χ4v) is 2.49. The molecule has 3 N–H and O–H groups in total. The SMILES string of the molecule is O=C(Nc1cccnc1)NC1c2ccccc2CC1O. The van der Waals surface area contributed by atoms with Crippen molar-refractivity contribution in [1.82, 2.24) is 10.3 Å². The molecule has 5 nitrogen and oxygen atoms in total. The van der Waals surface area contributed by atoms with Gasteiger partial charge in [0.2, 0.25) is 0 Å². The summed E-state index contributed by atoms with van der Waals surface area (Å²) in [5, 5.41) is 15.6. The maximum atomic E-state index is 12.0. The Bertz CT molecular complexity index is 616. The molecule has 20 heavy (non-hydrogen) atoms. The van der Waals surface area contributed by atoms with E-state index in [4.69, 9.17) is 0 Å². The van der Waals surface area contributed by atoms with Crippen LogP contribution in [0.1, 0.15) is 17.2 Å². The van der Waals surface area contributed by atoms with E-state index in [9.17, 15) is 9.90 Å². The first-order chi connectivity index (χ1) is 9.74. The van der Waals surface area contributed by atoms with Gasteiger partial charge in [0, 0.05) is 12.6 Å². The molecule has 2 unspecified atom stereocenters. The van der Waals surface area contributed by atoms with E-state index in [-0.39, 0.29) is 12.1 Å². The number of nitrogens with zero attached hydrogens (tertiary/aromatic N) is 1. The quantitative estimate of drug-likeness (QED) is 0.779. The van der Waals surface area contributed by atoms with Gasteiger partial charge in [0.05, 0.1) is 24.0 Å². The zero-order valence-corrected chi connectivity index (χ0v) is 10.8. The molecule has 1 heterocycles. The highest BCUT2D eigenvalue weighted by molar-refractivity contribution is 5.89. The first-order valence-electron chi connectivity index (χ1n) is 6.47. The molecule has 0 bridgehead atoms. The number of anilines is 1. The lowest BCUT2D eigenvalue weighted by Gasteiger charge is -2.18. The van der Waals surface area contributed by atoms with Gasteiger partial charge in [0.1, 0.15) is 0 Å². The van der Waals surface area contributed by atoms with Crippen LogP contribution in [0.3, 0.4) is 0 Å². The molecule has 1 aliphatic carbocycles. The summed E-state index contributed by atoms with van der Waals surface area (Å²) in [5.41, 5.74) is 2.67. The molecule has 0 saturated carbocycles. The Labute approximate surface area is 116 Å². The smallest absolute Gasteiger partial charge is 0.319 e. The van der Waals surface area contributed by atoms with Gasteiger partial charge in [-0.3, -0.25) is 4.98 Å². The summed E-state index contributed by atoms with van der Waals surface area (Å²) in [5.74, 6) is 0. The normalized spacial score (nSPS) is 20.2. The number of fused-ring (bicyclic) bond motifs is 1. The second kappa shape index (κ2) is 5.30. The number of aliphatic hydroxyl groups is 1. The summed E-state index contributed by atoms with van der Waals surface area (Å²) in [7, 11) is 0. The number of amides is 2. The van der Waals surface area contributed by atoms with Gasteiger partial charge in [-0.05, 0) is 23.3 Å². The third kappa shape index (κ3) is 2.48. The molecule has 1 aromatic heterocycles. The van der Waals surface area contributed by atoms with E-state index in [1.54, 1.807) is 24.5 Å². The lowest BCUT2D eigenvalue weighted by atomic mass is 10.1. The van der Waals surface area contributed by atoms with E-state index >= 15 is 0 Å². The zero-order chi connectivity index (χ0) is 13.9. The lowest BCUT2D eigenvalue weighted by molar-refractivity contribution is 0.144. The van der Waals surface area contributed by atoms with Crippen LogP contribution in [-0.2, 0) is 6.42 Å². The molecule has 0 radical (unpaired) electrons. The van der Waals surface area contributed by atoms with E-state index in [1.165, 1.54) is 0 Å². The Balaban J connectivity index is 1.70. The average molecular weight is 269 g/mol. The Morgan fingerprint density at radius 3 is 2.90 bits per heavy atom. The van der Waals surface area contributed by atoms with Gasteiger partial charge < -0.3 is 15.7 Å². The third-order valence-electron chi connectivity index (χ3n) is 3.41. The van der Waals surface area contributed by atoms with Gasteiger partial charge in [-0.2, -0.15) is 0 Å². The largest absolute Gasteiger partial charge is 0.390 e. The summed E-state index contributed by atoms with van der Waals surface area (Å²) in [4.78, 5) is 15.9. The van der Waals surface area contributed by atoms with Crippen LogP contribution in [0.5, 0.6) is 0 Å². The number of carbonyl (C=O) groups is 1. The Morgan fingerprint density at radius 1 is 1.25 bits per heavy atom. The van der Waals surface area contributed by atoms with Gasteiger partial charge >= 0.3 is 6.03 Å². The molecular weight excluding hydrogens is 254 g/mol. The third-order valence-corrected chi connectivity index (χ3v) is 3.41. The van der Waals surface area contributed by atoms with Crippen molar-refractivity contribution < 1.29 is 9.90 Å². The van der Waals surface area contributed by atoms with Gasteiger partial charge in [-0.25, -0.2) is 4.79 Å². The molecule has 102 valence electrons. The van der Waals surface area contributed by atoms with Crippen LogP contribution in [0.15, 0.2) is 48.8 Å². The Hall–Kier alpha value is -2.40. The summed E-state index contributed by atoms with van der Waals surface area (Å²) >= 11 is 0. The number of rotatable bonds is 2. The van der Waals surface area contributed by atoms with Crippen molar-refractivity contribution in [3.05, 3.63) is 59.9 Å². The predicted molar refractivity (Wildman–Crippen MR) is 75.3 cm³/mol. The summed E-state index contributed by atoms with van der Waals surface area (Å²) in [6, 6.07) is 10.5. The highest BCUT2D eigenvalue weighted by atomic mass is 16.3. The van der Waals surface area contributed by atoms with Crippen molar-refractivity contribution in [1.29, 1.82) is 0 Å². The van der Waals surface area contributed by atoms with Crippen molar-refractivity contribution in [3.8, 4) is 0 Å². The average Bonchev–Trinajstić information content (AvgIpc) is 2.76. The minimum Gasteiger partial charge on any atom is -0.390 e. The van der Waals surface area contributed by atoms with Crippen LogP contribution in [0.4, 0.5) is 10.5 Å². The van der Waals surface area contributed by atoms with Gasteiger partial charge in [-0.1, -0.05) is 24.3 Å². The first kappa shape index (κ1) is 12.6. The lowest BCUT2D eigenvalue weighted by Crippen LogP contribution is -2.36. The van der Waals surface area contributed by atoms with Crippen LogP contribution in [0, 0.1) is 0 Å². The van der Waals surface area contributed by atoms with E-state index in [1.807, 2.05) is 24.3 Å². The van der Waals surface area contributed by atoms with Crippen molar-refractivity contribution in [2.24, 2.45) is 0 Å². The zero-order valence-electron chi connectivity index (χ0n) is 10.8. The number of nitrogens with one attached hydrogen (secondary N) is 2. The minimum absolute atomic E-state index is 0.348. The van der Waals surface area contributed by atoms with Gasteiger partial charge in [0.15, 0.2) is 0 Å². The molecule has 0 saturated heterocycles. The van der Waals surface area contributed by atoms with Crippen LogP contribution < -0.4 is 10.6 Å². The summed E-state index contributed by atoms with van der Waals surface area (Å²) in [6.07, 6.45) is 3.18. The molecule has 3 rings (SSSR count). The molecule has 2 aromatic rings. The maximum absolute atomic E-state index is 12.0. The molecule has 0 aliphatic heterocycles. The van der Waals surface area contributed by atoms with Crippen LogP contribution in [-0.4, -0.2) is 22.2 Å². The second-order valence-corrected chi connectivity index (χ2v) is 4.79. The standard InChI is InChI=1S/C15H15N3O2/c19-13-8-10-4-1-2-6-12(10)14(13)18-15(20)17-11-5-3-7-16-9-11/h1-7,9,13-14,19H,8H2,(H2,17,18,20). The number of pyridine rings is 1. The highest BCUT2D eigenvalue weighted by Gasteiger charge is 2.31. The van der Waals surface area contributed by atoms with Crippen molar-refractivity contribution in [2.75, 3.05) is 5.32 Å². The maximum Gasteiger partial charge on any atom is 0.319 e. The van der Waals surface area contributed by atoms with Crippen LogP contribution in [0.25, 0.3) is 0 Å². The van der Waals surface area contributed by atoms with Gasteiger partial charge in [0.25, 0.3) is 0 Å². The van der Waals surface area contributed by atoms with Crippen LogP contribution >= 0.6 is 0 Å². The Kier molecular flexibility index (Phi) is 3.35. The number of benzene rings is 1. The first-order valence-corrected chi connectivity index (χ1v) is 6.47. The van der Waals surface area contributed by atoms with Gasteiger partial charge in [-0.15, -0.1) is 0 Å². The highest BCUT2D eigenvalue weighted by Crippen LogP contribution is 2.31. The predicted octanol–water partition coefficient (Wildman–Crippen LogP) is 1.86. The summed E-state index contributed by atoms with van der Waals surface area (Å²) < 4.78 is 0. The molecule has 2 atom stereocenters. The van der Waals surface area contributed by atoms with E-state index in [0.29, 0.717) is 12.1 Å².